The summed E-state index contributed by atoms with van der Waals surface area (Å²) in [6, 6.07) is 14.2. The van der Waals surface area contributed by atoms with Crippen LogP contribution in [0, 0.1) is 11.8 Å². The summed E-state index contributed by atoms with van der Waals surface area (Å²) in [4.78, 5) is 28.6. The molecular weight excluding hydrogens is 384 g/mol. The maximum Gasteiger partial charge on any atom is 0.335 e. The van der Waals surface area contributed by atoms with Gasteiger partial charge in [0, 0.05) is 29.7 Å². The molecule has 142 valence electrons. The number of hydrogen-bond acceptors (Lipinski definition) is 4. The van der Waals surface area contributed by atoms with Gasteiger partial charge in [0.1, 0.15) is 0 Å². The van der Waals surface area contributed by atoms with Crippen LogP contribution in [0.15, 0.2) is 71.9 Å². The van der Waals surface area contributed by atoms with E-state index in [1.807, 2.05) is 24.3 Å². The Bertz CT molecular complexity index is 1290. The third kappa shape index (κ3) is 4.26. The van der Waals surface area contributed by atoms with Crippen molar-refractivity contribution in [2.45, 2.75) is 13.0 Å². The van der Waals surface area contributed by atoms with Gasteiger partial charge in [-0.05, 0) is 47.5 Å². The molecule has 3 aromatic heterocycles. The summed E-state index contributed by atoms with van der Waals surface area (Å²) in [6.07, 6.45) is 5.88. The van der Waals surface area contributed by atoms with Crippen LogP contribution in [0.5, 0.6) is 0 Å². The van der Waals surface area contributed by atoms with E-state index in [1.54, 1.807) is 47.4 Å². The zero-order chi connectivity index (χ0) is 20.2. The van der Waals surface area contributed by atoms with Crippen LogP contribution in [-0.4, -0.2) is 20.6 Å². The summed E-state index contributed by atoms with van der Waals surface area (Å²) in [7, 11) is 0. The number of nitrogens with zero attached hydrogens (tertiary/aromatic N) is 2. The second-order valence-electron chi connectivity index (χ2n) is 6.47. The number of aromatic carboxylic acids is 1. The summed E-state index contributed by atoms with van der Waals surface area (Å²) >= 11 is 1.50. The molecule has 4 rings (SSSR count). The van der Waals surface area contributed by atoms with Crippen LogP contribution >= 0.6 is 11.3 Å². The van der Waals surface area contributed by atoms with Crippen molar-refractivity contribution in [3.05, 3.63) is 99.0 Å². The van der Waals surface area contributed by atoms with E-state index in [4.69, 9.17) is 5.11 Å². The molecule has 0 radical (unpaired) electrons. The molecule has 0 saturated heterocycles. The standard InChI is InChI=1S/C23H16N2O3S/c26-22-20-14-19(3-1-2-16-8-11-24-12-9-16)29-21(20)10-13-25(22)15-17-4-6-18(7-5-17)23(27)28/h4-14H,2,15H2,(H,27,28). The molecule has 1 aromatic carbocycles. The first-order chi connectivity index (χ1) is 14.1. The molecule has 29 heavy (non-hydrogen) atoms. The van der Waals surface area contributed by atoms with Crippen molar-refractivity contribution in [1.82, 2.24) is 9.55 Å². The SMILES string of the molecule is O=C(O)c1ccc(Cn2ccc3sc(C#CCc4ccncc4)cc3c2=O)cc1. The average molecular weight is 400 g/mol. The molecule has 0 aliphatic heterocycles. The van der Waals surface area contributed by atoms with Gasteiger partial charge in [-0.15, -0.1) is 11.3 Å². The minimum absolute atomic E-state index is 0.0803. The van der Waals surface area contributed by atoms with Gasteiger partial charge in [0.15, 0.2) is 0 Å². The first-order valence-electron chi connectivity index (χ1n) is 8.93. The largest absolute Gasteiger partial charge is 0.478 e. The first-order valence-corrected chi connectivity index (χ1v) is 9.75. The molecule has 0 unspecified atom stereocenters. The van der Waals surface area contributed by atoms with Crippen LogP contribution in [0.1, 0.15) is 26.4 Å². The van der Waals surface area contributed by atoms with Crippen LogP contribution in [0.4, 0.5) is 0 Å². The van der Waals surface area contributed by atoms with Gasteiger partial charge in [0.2, 0.25) is 0 Å². The van der Waals surface area contributed by atoms with E-state index < -0.39 is 5.97 Å². The smallest absolute Gasteiger partial charge is 0.335 e. The number of carboxylic acid groups (broad SMARTS) is 1. The summed E-state index contributed by atoms with van der Waals surface area (Å²) < 4.78 is 2.53. The van der Waals surface area contributed by atoms with Crippen molar-refractivity contribution in [2.75, 3.05) is 0 Å². The zero-order valence-corrected chi connectivity index (χ0v) is 16.1. The number of pyridine rings is 2. The molecular formula is C23H16N2O3S. The van der Waals surface area contributed by atoms with Gasteiger partial charge in [-0.3, -0.25) is 9.78 Å². The molecule has 5 nitrogen and oxygen atoms in total. The van der Waals surface area contributed by atoms with Gasteiger partial charge >= 0.3 is 5.97 Å². The highest BCUT2D eigenvalue weighted by atomic mass is 32.1. The first kappa shape index (κ1) is 18.7. The van der Waals surface area contributed by atoms with Crippen molar-refractivity contribution >= 4 is 27.4 Å². The molecule has 0 aliphatic carbocycles. The van der Waals surface area contributed by atoms with Gasteiger partial charge in [-0.25, -0.2) is 4.79 Å². The average Bonchev–Trinajstić information content (AvgIpc) is 3.15. The number of thiophene rings is 1. The van der Waals surface area contributed by atoms with Crippen LogP contribution < -0.4 is 5.56 Å². The topological polar surface area (TPSA) is 72.2 Å². The van der Waals surface area contributed by atoms with Crippen molar-refractivity contribution < 1.29 is 9.90 Å². The number of carbonyl (C=O) groups is 1. The van der Waals surface area contributed by atoms with Crippen LogP contribution in [0.2, 0.25) is 0 Å². The lowest BCUT2D eigenvalue weighted by Crippen LogP contribution is -2.19. The van der Waals surface area contributed by atoms with E-state index in [-0.39, 0.29) is 11.1 Å². The van der Waals surface area contributed by atoms with Crippen molar-refractivity contribution in [1.29, 1.82) is 0 Å². The number of rotatable bonds is 4. The molecule has 0 bridgehead atoms. The van der Waals surface area contributed by atoms with Crippen LogP contribution in [0.25, 0.3) is 10.1 Å². The second kappa shape index (κ2) is 8.13. The molecule has 0 amide bonds. The van der Waals surface area contributed by atoms with Crippen molar-refractivity contribution in [3.63, 3.8) is 0 Å². The minimum atomic E-state index is -0.967. The number of hydrogen-bond donors (Lipinski definition) is 1. The summed E-state index contributed by atoms with van der Waals surface area (Å²) in [5.41, 5.74) is 2.11. The quantitative estimate of drug-likeness (QED) is 0.529. The maximum atomic E-state index is 12.8. The lowest BCUT2D eigenvalue weighted by Gasteiger charge is -2.06. The highest BCUT2D eigenvalue weighted by Crippen LogP contribution is 2.22. The maximum absolute atomic E-state index is 12.8. The summed E-state index contributed by atoms with van der Waals surface area (Å²) in [6.45, 7) is 0.383. The Morgan fingerprint density at radius 3 is 2.55 bits per heavy atom. The van der Waals surface area contributed by atoms with E-state index in [9.17, 15) is 9.59 Å². The van der Waals surface area contributed by atoms with E-state index in [0.717, 1.165) is 20.7 Å². The number of benzene rings is 1. The van der Waals surface area contributed by atoms with E-state index >= 15 is 0 Å². The molecule has 0 saturated carbocycles. The zero-order valence-electron chi connectivity index (χ0n) is 15.3. The van der Waals surface area contributed by atoms with Crippen molar-refractivity contribution in [3.8, 4) is 11.8 Å². The van der Waals surface area contributed by atoms with Gasteiger partial charge in [-0.1, -0.05) is 24.0 Å². The monoisotopic (exact) mass is 400 g/mol. The fourth-order valence-electron chi connectivity index (χ4n) is 2.95. The third-order valence-electron chi connectivity index (χ3n) is 4.47. The lowest BCUT2D eigenvalue weighted by atomic mass is 10.1. The van der Waals surface area contributed by atoms with Crippen molar-refractivity contribution in [2.24, 2.45) is 0 Å². The lowest BCUT2D eigenvalue weighted by molar-refractivity contribution is 0.0697. The molecule has 0 aliphatic rings. The van der Waals surface area contributed by atoms with Gasteiger partial charge in [0.25, 0.3) is 5.56 Å². The van der Waals surface area contributed by atoms with Crippen LogP contribution in [0.3, 0.4) is 0 Å². The van der Waals surface area contributed by atoms with E-state index in [0.29, 0.717) is 18.4 Å². The Balaban J connectivity index is 1.56. The Hall–Kier alpha value is -3.69. The molecule has 3 heterocycles. The molecule has 1 N–H and O–H groups in total. The Morgan fingerprint density at radius 2 is 1.83 bits per heavy atom. The highest BCUT2D eigenvalue weighted by Gasteiger charge is 2.08. The molecule has 0 atom stereocenters. The fraction of sp³-hybridized carbons (Fsp3) is 0.0870. The number of aromatic nitrogens is 2. The predicted octanol–water partition coefficient (Wildman–Crippen LogP) is 3.80. The molecule has 4 aromatic rings. The Morgan fingerprint density at radius 1 is 1.07 bits per heavy atom. The predicted molar refractivity (Wildman–Crippen MR) is 113 cm³/mol. The summed E-state index contributed by atoms with van der Waals surface area (Å²) in [5, 5.41) is 9.63. The molecule has 0 spiro atoms. The number of fused-ring (bicyclic) bond motifs is 1. The van der Waals surface area contributed by atoms with Gasteiger partial charge in [-0.2, -0.15) is 0 Å². The number of carboxylic acids is 1. The summed E-state index contributed by atoms with van der Waals surface area (Å²) in [5.74, 6) is 5.32. The molecule has 0 fully saturated rings. The Labute approximate surface area is 170 Å². The van der Waals surface area contributed by atoms with Crippen LogP contribution in [-0.2, 0) is 13.0 Å². The normalized spacial score (nSPS) is 10.5. The van der Waals surface area contributed by atoms with Gasteiger partial charge < -0.3 is 9.67 Å². The third-order valence-corrected chi connectivity index (χ3v) is 5.48. The molecule has 6 heteroatoms. The van der Waals surface area contributed by atoms with E-state index in [1.165, 1.54) is 11.3 Å². The fourth-order valence-corrected chi connectivity index (χ4v) is 3.87. The second-order valence-corrected chi connectivity index (χ2v) is 7.56. The van der Waals surface area contributed by atoms with E-state index in [2.05, 4.69) is 16.8 Å². The van der Waals surface area contributed by atoms with Gasteiger partial charge in [0.05, 0.1) is 22.4 Å². The highest BCUT2D eigenvalue weighted by molar-refractivity contribution is 7.19. The Kier molecular flexibility index (Phi) is 5.23. The minimum Gasteiger partial charge on any atom is -0.478 e.